The van der Waals surface area contributed by atoms with Crippen LogP contribution in [-0.4, -0.2) is 15.0 Å². The van der Waals surface area contributed by atoms with Gasteiger partial charge in [0, 0.05) is 21.9 Å². The second-order valence-corrected chi connectivity index (χ2v) is 6.99. The lowest BCUT2D eigenvalue weighted by Gasteiger charge is -2.08. The van der Waals surface area contributed by atoms with Crippen molar-refractivity contribution in [3.63, 3.8) is 0 Å². The fourth-order valence-electron chi connectivity index (χ4n) is 3.25. The molecule has 5 aromatic rings. The number of rotatable bonds is 3. The molecule has 0 saturated heterocycles. The van der Waals surface area contributed by atoms with E-state index in [1.54, 1.807) is 17.7 Å². The molecule has 0 aliphatic carbocycles. The molecular formula is C23H15N3S. The maximum Gasteiger partial charge on any atom is 0.116 e. The van der Waals surface area contributed by atoms with E-state index in [1.165, 1.54) is 11.1 Å². The number of thiazole rings is 1. The Kier molecular flexibility index (Phi) is 3.96. The Labute approximate surface area is 161 Å². The van der Waals surface area contributed by atoms with Gasteiger partial charge in [0.1, 0.15) is 6.33 Å². The van der Waals surface area contributed by atoms with Crippen molar-refractivity contribution in [2.75, 3.05) is 0 Å². The highest BCUT2D eigenvalue weighted by Crippen LogP contribution is 2.30. The van der Waals surface area contributed by atoms with Crippen molar-refractivity contribution >= 4 is 22.2 Å². The first kappa shape index (κ1) is 15.9. The summed E-state index contributed by atoms with van der Waals surface area (Å²) >= 11 is 1.60. The molecule has 0 spiro atoms. The summed E-state index contributed by atoms with van der Waals surface area (Å²) in [5, 5.41) is 3.09. The molecule has 0 N–H and O–H groups in total. The van der Waals surface area contributed by atoms with E-state index in [4.69, 9.17) is 0 Å². The largest absolute Gasteiger partial charge is 0.245 e. The number of hydrogen-bond donors (Lipinski definition) is 0. The van der Waals surface area contributed by atoms with Crippen LogP contribution in [0.4, 0.5) is 0 Å². The number of benzene rings is 3. The third kappa shape index (κ3) is 3.00. The summed E-state index contributed by atoms with van der Waals surface area (Å²) in [6.45, 7) is 0. The lowest BCUT2D eigenvalue weighted by molar-refractivity contribution is 1.22. The Hall–Kier alpha value is -3.37. The summed E-state index contributed by atoms with van der Waals surface area (Å²) in [7, 11) is 0. The first-order valence-corrected chi connectivity index (χ1v) is 9.62. The summed E-state index contributed by atoms with van der Waals surface area (Å²) in [5.74, 6) is 0. The maximum atomic E-state index is 4.55. The Morgan fingerprint density at radius 3 is 2.15 bits per heavy atom. The fourth-order valence-corrected chi connectivity index (χ4v) is 3.81. The summed E-state index contributed by atoms with van der Waals surface area (Å²) < 4.78 is 0. The molecule has 0 unspecified atom stereocenters. The summed E-state index contributed by atoms with van der Waals surface area (Å²) in [6.07, 6.45) is 1.63. The normalized spacial score (nSPS) is 11.0. The Morgan fingerprint density at radius 1 is 0.630 bits per heavy atom. The molecule has 4 heteroatoms. The minimum atomic E-state index is 0.928. The summed E-state index contributed by atoms with van der Waals surface area (Å²) in [4.78, 5) is 13.4. The van der Waals surface area contributed by atoms with Gasteiger partial charge in [-0.1, -0.05) is 60.7 Å². The van der Waals surface area contributed by atoms with E-state index >= 15 is 0 Å². The second kappa shape index (κ2) is 6.74. The van der Waals surface area contributed by atoms with Gasteiger partial charge in [0.15, 0.2) is 0 Å². The van der Waals surface area contributed by atoms with E-state index in [-0.39, 0.29) is 0 Å². The first-order valence-electron chi connectivity index (χ1n) is 8.68. The van der Waals surface area contributed by atoms with Crippen molar-refractivity contribution in [2.24, 2.45) is 0 Å². The van der Waals surface area contributed by atoms with Crippen LogP contribution in [0.5, 0.6) is 0 Å². The average Bonchev–Trinajstić information content (AvgIpc) is 3.29. The van der Waals surface area contributed by atoms with Gasteiger partial charge in [-0.2, -0.15) is 0 Å². The van der Waals surface area contributed by atoms with Gasteiger partial charge < -0.3 is 0 Å². The standard InChI is InChI=1S/C23H15N3S/c1-2-4-16(5-3-1)17-6-8-18(9-7-17)23-20-11-10-19(22-13-27-15-26-22)12-21(20)24-14-25-23/h1-15H. The van der Waals surface area contributed by atoms with Crippen molar-refractivity contribution in [1.82, 2.24) is 15.0 Å². The van der Waals surface area contributed by atoms with E-state index in [0.717, 1.165) is 33.4 Å². The molecule has 128 valence electrons. The summed E-state index contributed by atoms with van der Waals surface area (Å²) in [5.41, 5.74) is 9.28. The van der Waals surface area contributed by atoms with Gasteiger partial charge in [-0.05, 0) is 23.3 Å². The van der Waals surface area contributed by atoms with Crippen LogP contribution in [0.2, 0.25) is 0 Å². The summed E-state index contributed by atoms with van der Waals surface area (Å²) in [6, 6.07) is 25.2. The van der Waals surface area contributed by atoms with Crippen molar-refractivity contribution in [1.29, 1.82) is 0 Å². The minimum absolute atomic E-state index is 0.928. The molecule has 5 rings (SSSR count). The van der Waals surface area contributed by atoms with Crippen LogP contribution in [-0.2, 0) is 0 Å². The molecule has 27 heavy (non-hydrogen) atoms. The zero-order valence-electron chi connectivity index (χ0n) is 14.4. The number of nitrogens with zero attached hydrogens (tertiary/aromatic N) is 3. The first-order chi connectivity index (χ1) is 13.4. The van der Waals surface area contributed by atoms with Crippen LogP contribution in [0.15, 0.2) is 90.0 Å². The highest BCUT2D eigenvalue weighted by atomic mass is 32.1. The van der Waals surface area contributed by atoms with Gasteiger partial charge in [-0.15, -0.1) is 11.3 Å². The predicted molar refractivity (Wildman–Crippen MR) is 112 cm³/mol. The van der Waals surface area contributed by atoms with E-state index in [9.17, 15) is 0 Å². The molecule has 3 aromatic carbocycles. The molecule has 0 bridgehead atoms. The fraction of sp³-hybridized carbons (Fsp3) is 0. The van der Waals surface area contributed by atoms with E-state index in [0.29, 0.717) is 0 Å². The van der Waals surface area contributed by atoms with Gasteiger partial charge in [-0.3, -0.25) is 0 Å². The molecule has 0 saturated carbocycles. The lowest BCUT2D eigenvalue weighted by Crippen LogP contribution is -1.90. The molecule has 3 nitrogen and oxygen atoms in total. The number of fused-ring (bicyclic) bond motifs is 1. The molecule has 0 amide bonds. The second-order valence-electron chi connectivity index (χ2n) is 6.27. The van der Waals surface area contributed by atoms with Crippen LogP contribution in [0.1, 0.15) is 0 Å². The minimum Gasteiger partial charge on any atom is -0.245 e. The van der Waals surface area contributed by atoms with Gasteiger partial charge in [0.25, 0.3) is 0 Å². The van der Waals surface area contributed by atoms with Gasteiger partial charge in [-0.25, -0.2) is 15.0 Å². The van der Waals surface area contributed by atoms with Gasteiger partial charge in [0.05, 0.1) is 22.4 Å². The molecule has 2 aromatic heterocycles. The third-order valence-corrected chi connectivity index (χ3v) is 5.22. The molecule has 2 heterocycles. The maximum absolute atomic E-state index is 4.55. The average molecular weight is 365 g/mol. The Morgan fingerprint density at radius 2 is 1.37 bits per heavy atom. The van der Waals surface area contributed by atoms with Gasteiger partial charge in [0.2, 0.25) is 0 Å². The monoisotopic (exact) mass is 365 g/mol. The Bertz CT molecular complexity index is 1200. The third-order valence-electron chi connectivity index (χ3n) is 4.63. The van der Waals surface area contributed by atoms with Gasteiger partial charge >= 0.3 is 0 Å². The predicted octanol–water partition coefficient (Wildman–Crippen LogP) is 6.09. The topological polar surface area (TPSA) is 38.7 Å². The molecule has 0 fully saturated rings. The molecular weight excluding hydrogens is 350 g/mol. The zero-order chi connectivity index (χ0) is 18.1. The molecule has 0 atom stereocenters. The van der Waals surface area contributed by atoms with Crippen molar-refractivity contribution in [3.8, 4) is 33.6 Å². The molecule has 0 radical (unpaired) electrons. The molecule has 0 aliphatic rings. The van der Waals surface area contributed by atoms with Crippen molar-refractivity contribution < 1.29 is 0 Å². The van der Waals surface area contributed by atoms with Crippen molar-refractivity contribution in [2.45, 2.75) is 0 Å². The van der Waals surface area contributed by atoms with Crippen LogP contribution in [0.25, 0.3) is 44.5 Å². The smallest absolute Gasteiger partial charge is 0.116 e. The quantitative estimate of drug-likeness (QED) is 0.388. The van der Waals surface area contributed by atoms with Crippen LogP contribution in [0.3, 0.4) is 0 Å². The lowest BCUT2D eigenvalue weighted by atomic mass is 10.0. The molecule has 0 aliphatic heterocycles. The van der Waals surface area contributed by atoms with E-state index in [1.807, 2.05) is 17.0 Å². The Balaban J connectivity index is 1.57. The number of hydrogen-bond acceptors (Lipinski definition) is 4. The number of aromatic nitrogens is 3. The SMILES string of the molecule is c1ccc(-c2ccc(-c3ncnc4cc(-c5cscn5)ccc34)cc2)cc1. The van der Waals surface area contributed by atoms with Crippen molar-refractivity contribution in [3.05, 3.63) is 90.0 Å². The van der Waals surface area contributed by atoms with Crippen LogP contribution < -0.4 is 0 Å². The zero-order valence-corrected chi connectivity index (χ0v) is 15.2. The highest BCUT2D eigenvalue weighted by molar-refractivity contribution is 7.07. The van der Waals surface area contributed by atoms with Crippen LogP contribution in [0, 0.1) is 0 Å². The highest BCUT2D eigenvalue weighted by Gasteiger charge is 2.09. The van der Waals surface area contributed by atoms with E-state index < -0.39 is 0 Å². The van der Waals surface area contributed by atoms with Crippen LogP contribution >= 0.6 is 11.3 Å². The van der Waals surface area contributed by atoms with E-state index in [2.05, 4.69) is 81.7 Å².